The number of benzene rings is 1. The van der Waals surface area contributed by atoms with Gasteiger partial charge in [-0.3, -0.25) is 0 Å². The molecule has 1 aromatic carbocycles. The molecule has 9 heteroatoms. The van der Waals surface area contributed by atoms with E-state index in [1.54, 1.807) is 17.5 Å². The van der Waals surface area contributed by atoms with Gasteiger partial charge in [0.15, 0.2) is 11.1 Å². The summed E-state index contributed by atoms with van der Waals surface area (Å²) in [5.74, 6) is 5.84. The molecule has 0 spiro atoms. The summed E-state index contributed by atoms with van der Waals surface area (Å²) in [4.78, 5) is 12.7. The van der Waals surface area contributed by atoms with Gasteiger partial charge in [-0.1, -0.05) is 17.9 Å². The molecule has 1 fully saturated rings. The number of aliphatic imine (C=N–C) groups is 1. The lowest BCUT2D eigenvalue weighted by Gasteiger charge is -2.35. The zero-order chi connectivity index (χ0) is 19.3. The quantitative estimate of drug-likeness (QED) is 0.484. The number of hydrogen-bond donors (Lipinski definition) is 1. The molecular weight excluding hydrogens is 375 g/mol. The van der Waals surface area contributed by atoms with Gasteiger partial charge in [0, 0.05) is 43.3 Å². The van der Waals surface area contributed by atoms with E-state index in [4.69, 9.17) is 5.73 Å². The maximum Gasteiger partial charge on any atom is 0.416 e. The number of guanidine groups is 1. The molecule has 1 aromatic heterocycles. The molecule has 2 heterocycles. The van der Waals surface area contributed by atoms with Crippen molar-refractivity contribution >= 4 is 22.4 Å². The first kappa shape index (κ1) is 19.0. The molecule has 5 nitrogen and oxygen atoms in total. The number of nitrogens with two attached hydrogens (primary N) is 1. The highest BCUT2D eigenvalue weighted by atomic mass is 32.1. The lowest BCUT2D eigenvalue weighted by molar-refractivity contribution is -0.137. The monoisotopic (exact) mass is 393 g/mol. The van der Waals surface area contributed by atoms with Crippen molar-refractivity contribution in [2.45, 2.75) is 6.18 Å². The number of thiazole rings is 1. The zero-order valence-corrected chi connectivity index (χ0v) is 15.2. The second-order valence-corrected chi connectivity index (χ2v) is 6.72. The Hall–Kier alpha value is -2.73. The summed E-state index contributed by atoms with van der Waals surface area (Å²) in [6.45, 7) is 3.21. The molecule has 3 rings (SSSR count). The number of piperazine rings is 1. The summed E-state index contributed by atoms with van der Waals surface area (Å²) in [6, 6.07) is 4.92. The minimum Gasteiger partial charge on any atom is -0.370 e. The van der Waals surface area contributed by atoms with E-state index < -0.39 is 11.7 Å². The lowest BCUT2D eigenvalue weighted by Crippen LogP contribution is -2.51. The van der Waals surface area contributed by atoms with Crippen molar-refractivity contribution in [2.24, 2.45) is 10.7 Å². The minimum atomic E-state index is -4.37. The Morgan fingerprint density at radius 2 is 2.04 bits per heavy atom. The Labute approximate surface area is 159 Å². The number of alkyl halides is 3. The standard InChI is InChI=1S/C18H18F3N5S/c19-18(20,21)15-5-1-3-14(13-15)4-2-6-23-16(22)25-8-10-26(11-9-25)17-24-7-12-27-17/h1,3,5,7,12-13H,6,8-11H2,(H2,22,23). The lowest BCUT2D eigenvalue weighted by atomic mass is 10.1. The molecule has 1 aliphatic heterocycles. The number of rotatable bonds is 2. The fourth-order valence-corrected chi connectivity index (χ4v) is 3.33. The molecule has 142 valence electrons. The third-order valence-electron chi connectivity index (χ3n) is 4.04. The Kier molecular flexibility index (Phi) is 5.86. The number of nitrogens with zero attached hydrogens (tertiary/aromatic N) is 4. The number of hydrogen-bond acceptors (Lipinski definition) is 4. The van der Waals surface area contributed by atoms with Crippen LogP contribution in [-0.2, 0) is 6.18 Å². The number of anilines is 1. The van der Waals surface area contributed by atoms with Gasteiger partial charge in [-0.2, -0.15) is 13.2 Å². The highest BCUT2D eigenvalue weighted by molar-refractivity contribution is 7.13. The SMILES string of the molecule is NC(=NCC#Cc1cccc(C(F)(F)F)c1)N1CCN(c2nccs2)CC1. The van der Waals surface area contributed by atoms with Crippen molar-refractivity contribution in [1.29, 1.82) is 0 Å². The molecular formula is C18H18F3N5S. The summed E-state index contributed by atoms with van der Waals surface area (Å²) < 4.78 is 38.1. The topological polar surface area (TPSA) is 57.8 Å². The summed E-state index contributed by atoms with van der Waals surface area (Å²) in [6.07, 6.45) is -2.59. The molecule has 1 saturated heterocycles. The van der Waals surface area contributed by atoms with Crippen LogP contribution in [0.2, 0.25) is 0 Å². The number of halogens is 3. The normalized spacial score (nSPS) is 15.4. The van der Waals surface area contributed by atoms with Crippen molar-refractivity contribution in [3.63, 3.8) is 0 Å². The van der Waals surface area contributed by atoms with Crippen LogP contribution in [0.25, 0.3) is 0 Å². The predicted octanol–water partition coefficient (Wildman–Crippen LogP) is 2.65. The second-order valence-electron chi connectivity index (χ2n) is 5.84. The summed E-state index contributed by atoms with van der Waals surface area (Å²) in [5, 5.41) is 2.94. The van der Waals surface area contributed by atoms with Gasteiger partial charge in [-0.25, -0.2) is 9.98 Å². The van der Waals surface area contributed by atoms with Crippen molar-refractivity contribution in [1.82, 2.24) is 9.88 Å². The van der Waals surface area contributed by atoms with Gasteiger partial charge in [0.1, 0.15) is 6.54 Å². The molecule has 1 aliphatic rings. The zero-order valence-electron chi connectivity index (χ0n) is 14.4. The summed E-state index contributed by atoms with van der Waals surface area (Å²) >= 11 is 1.60. The summed E-state index contributed by atoms with van der Waals surface area (Å²) in [7, 11) is 0. The van der Waals surface area contributed by atoms with Gasteiger partial charge in [0.25, 0.3) is 0 Å². The van der Waals surface area contributed by atoms with Crippen LogP contribution in [0.5, 0.6) is 0 Å². The average Bonchev–Trinajstić information content (AvgIpc) is 3.19. The third-order valence-corrected chi connectivity index (χ3v) is 4.87. The molecule has 2 N–H and O–H groups in total. The maximum absolute atomic E-state index is 12.7. The Morgan fingerprint density at radius 1 is 1.26 bits per heavy atom. The highest BCUT2D eigenvalue weighted by Crippen LogP contribution is 2.29. The van der Waals surface area contributed by atoms with Gasteiger partial charge in [-0.05, 0) is 18.2 Å². The molecule has 0 unspecified atom stereocenters. The van der Waals surface area contributed by atoms with Crippen molar-refractivity contribution in [2.75, 3.05) is 37.6 Å². The van der Waals surface area contributed by atoms with Gasteiger partial charge < -0.3 is 15.5 Å². The maximum atomic E-state index is 12.7. The summed E-state index contributed by atoms with van der Waals surface area (Å²) in [5.41, 5.74) is 5.59. The van der Waals surface area contributed by atoms with Crippen LogP contribution in [0.4, 0.5) is 18.3 Å². The Balaban J connectivity index is 1.53. The molecule has 0 aliphatic carbocycles. The van der Waals surface area contributed by atoms with Gasteiger partial charge in [0.05, 0.1) is 5.56 Å². The molecule has 2 aromatic rings. The highest BCUT2D eigenvalue weighted by Gasteiger charge is 2.30. The van der Waals surface area contributed by atoms with Crippen LogP contribution >= 0.6 is 11.3 Å². The molecule has 27 heavy (non-hydrogen) atoms. The molecule has 0 amide bonds. The van der Waals surface area contributed by atoms with Crippen molar-refractivity contribution in [3.8, 4) is 11.8 Å². The van der Waals surface area contributed by atoms with Crippen LogP contribution in [0.3, 0.4) is 0 Å². The number of aromatic nitrogens is 1. The van der Waals surface area contributed by atoms with E-state index in [2.05, 4.69) is 26.7 Å². The molecule has 0 saturated carbocycles. The first-order chi connectivity index (χ1) is 12.9. The third kappa shape index (κ3) is 5.14. The smallest absolute Gasteiger partial charge is 0.370 e. The van der Waals surface area contributed by atoms with E-state index in [-0.39, 0.29) is 6.54 Å². The van der Waals surface area contributed by atoms with Gasteiger partial charge in [-0.15, -0.1) is 11.3 Å². The van der Waals surface area contributed by atoms with Crippen LogP contribution in [0.1, 0.15) is 11.1 Å². The van der Waals surface area contributed by atoms with Gasteiger partial charge >= 0.3 is 6.18 Å². The average molecular weight is 393 g/mol. The fourth-order valence-electron chi connectivity index (χ4n) is 2.63. The van der Waals surface area contributed by atoms with Crippen LogP contribution in [0, 0.1) is 11.8 Å². The van der Waals surface area contributed by atoms with E-state index in [1.165, 1.54) is 12.1 Å². The predicted molar refractivity (Wildman–Crippen MR) is 101 cm³/mol. The Bertz CT molecular complexity index is 844. The molecule has 0 bridgehead atoms. The van der Waals surface area contributed by atoms with Crippen molar-refractivity contribution in [3.05, 3.63) is 47.0 Å². The van der Waals surface area contributed by atoms with Crippen LogP contribution in [-0.4, -0.2) is 48.6 Å². The fraction of sp³-hybridized carbons (Fsp3) is 0.333. The van der Waals surface area contributed by atoms with Gasteiger partial charge in [0.2, 0.25) is 0 Å². The van der Waals surface area contributed by atoms with E-state index in [9.17, 15) is 13.2 Å². The molecule has 0 atom stereocenters. The second kappa shape index (κ2) is 8.31. The van der Waals surface area contributed by atoms with Crippen LogP contribution in [0.15, 0.2) is 40.8 Å². The first-order valence-corrected chi connectivity index (χ1v) is 9.17. The van der Waals surface area contributed by atoms with E-state index in [0.717, 1.165) is 43.4 Å². The van der Waals surface area contributed by atoms with E-state index in [1.807, 2.05) is 10.3 Å². The largest absolute Gasteiger partial charge is 0.416 e. The van der Waals surface area contributed by atoms with Crippen LogP contribution < -0.4 is 10.6 Å². The Morgan fingerprint density at radius 3 is 2.70 bits per heavy atom. The molecule has 0 radical (unpaired) electrons. The minimum absolute atomic E-state index is 0.134. The van der Waals surface area contributed by atoms with E-state index >= 15 is 0 Å². The first-order valence-electron chi connectivity index (χ1n) is 8.29. The van der Waals surface area contributed by atoms with Crippen molar-refractivity contribution < 1.29 is 13.2 Å². The van der Waals surface area contributed by atoms with E-state index in [0.29, 0.717) is 11.5 Å².